The monoisotopic (exact) mass is 475 g/mol. The lowest BCUT2D eigenvalue weighted by Crippen LogP contribution is -2.23. The first-order valence-electron chi connectivity index (χ1n) is 10.0. The summed E-state index contributed by atoms with van der Waals surface area (Å²) in [7, 11) is -3.79. The van der Waals surface area contributed by atoms with Crippen LogP contribution in [0.4, 0.5) is 5.69 Å². The van der Waals surface area contributed by atoms with Gasteiger partial charge in [-0.1, -0.05) is 37.1 Å². The molecule has 2 heterocycles. The van der Waals surface area contributed by atoms with Crippen LogP contribution in [0.25, 0.3) is 0 Å². The van der Waals surface area contributed by atoms with E-state index in [4.69, 9.17) is 16.3 Å². The van der Waals surface area contributed by atoms with Gasteiger partial charge in [0.2, 0.25) is 15.7 Å². The number of rotatable bonds is 7. The Morgan fingerprint density at radius 3 is 2.52 bits per heavy atom. The van der Waals surface area contributed by atoms with Gasteiger partial charge < -0.3 is 10.1 Å². The SMILES string of the molecule is CCCCOc1ccc([C@H]2CC(=O)Nc3c(S(=O)(=O)c4ccc(Cl)cc4)csc32)cc1. The molecule has 1 aliphatic rings. The minimum absolute atomic E-state index is 0.118. The van der Waals surface area contributed by atoms with Gasteiger partial charge in [0.25, 0.3) is 0 Å². The third kappa shape index (κ3) is 4.49. The molecule has 0 saturated heterocycles. The Hall–Kier alpha value is -2.35. The molecule has 0 radical (unpaired) electrons. The lowest BCUT2D eigenvalue weighted by atomic mass is 9.90. The molecular weight excluding hydrogens is 454 g/mol. The summed E-state index contributed by atoms with van der Waals surface area (Å²) in [6.45, 7) is 2.78. The summed E-state index contributed by atoms with van der Waals surface area (Å²) in [6, 6.07) is 13.7. The molecule has 4 rings (SSSR count). The van der Waals surface area contributed by atoms with Gasteiger partial charge in [-0.05, 0) is 48.4 Å². The molecule has 0 bridgehead atoms. The number of thiophene rings is 1. The number of benzene rings is 2. The minimum atomic E-state index is -3.79. The molecule has 2 aromatic carbocycles. The van der Waals surface area contributed by atoms with Crippen LogP contribution in [-0.2, 0) is 14.6 Å². The maximum atomic E-state index is 13.2. The summed E-state index contributed by atoms with van der Waals surface area (Å²) in [6.07, 6.45) is 2.33. The van der Waals surface area contributed by atoms with Crippen molar-refractivity contribution in [3.05, 3.63) is 69.4 Å². The van der Waals surface area contributed by atoms with Crippen LogP contribution in [0, 0.1) is 0 Å². The second-order valence-electron chi connectivity index (χ2n) is 7.37. The fraction of sp³-hybridized carbons (Fsp3) is 0.261. The van der Waals surface area contributed by atoms with Crippen molar-refractivity contribution < 1.29 is 17.9 Å². The average molecular weight is 476 g/mol. The highest BCUT2D eigenvalue weighted by Gasteiger charge is 2.34. The van der Waals surface area contributed by atoms with Crippen LogP contribution in [0.2, 0.25) is 5.02 Å². The Morgan fingerprint density at radius 2 is 1.84 bits per heavy atom. The van der Waals surface area contributed by atoms with Crippen molar-refractivity contribution in [3.8, 4) is 5.75 Å². The number of carbonyl (C=O) groups excluding carboxylic acids is 1. The first-order valence-corrected chi connectivity index (χ1v) is 12.8. The number of hydrogen-bond donors (Lipinski definition) is 1. The number of carbonyl (C=O) groups is 1. The van der Waals surface area contributed by atoms with Crippen molar-refractivity contribution in [1.82, 2.24) is 0 Å². The van der Waals surface area contributed by atoms with Gasteiger partial charge >= 0.3 is 0 Å². The van der Waals surface area contributed by atoms with E-state index >= 15 is 0 Å². The first-order chi connectivity index (χ1) is 14.9. The largest absolute Gasteiger partial charge is 0.494 e. The second kappa shape index (κ2) is 9.02. The maximum absolute atomic E-state index is 13.2. The molecule has 1 atom stereocenters. The summed E-state index contributed by atoms with van der Waals surface area (Å²) in [5.74, 6) is 0.384. The first kappa shape index (κ1) is 21.9. The molecule has 162 valence electrons. The summed E-state index contributed by atoms with van der Waals surface area (Å²) < 4.78 is 32.1. The van der Waals surface area contributed by atoms with E-state index in [0.717, 1.165) is 29.0 Å². The Kier molecular flexibility index (Phi) is 6.36. The molecule has 0 fully saturated rings. The van der Waals surface area contributed by atoms with Crippen LogP contribution < -0.4 is 10.1 Å². The molecule has 1 N–H and O–H groups in total. The highest BCUT2D eigenvalue weighted by molar-refractivity contribution is 7.91. The lowest BCUT2D eigenvalue weighted by molar-refractivity contribution is -0.116. The van der Waals surface area contributed by atoms with Crippen LogP contribution in [0.15, 0.2) is 63.7 Å². The summed E-state index contributed by atoms with van der Waals surface area (Å²) in [5.41, 5.74) is 1.33. The smallest absolute Gasteiger partial charge is 0.225 e. The highest BCUT2D eigenvalue weighted by Crippen LogP contribution is 2.46. The van der Waals surface area contributed by atoms with Gasteiger partial charge in [0.15, 0.2) is 0 Å². The maximum Gasteiger partial charge on any atom is 0.225 e. The molecule has 1 amide bonds. The van der Waals surface area contributed by atoms with Crippen molar-refractivity contribution in [1.29, 1.82) is 0 Å². The number of amides is 1. The number of halogens is 1. The third-order valence-corrected chi connectivity index (χ3v) is 8.51. The summed E-state index contributed by atoms with van der Waals surface area (Å²) >= 11 is 7.25. The average Bonchev–Trinajstić information content (AvgIpc) is 3.19. The van der Waals surface area contributed by atoms with E-state index in [1.807, 2.05) is 24.3 Å². The zero-order valence-electron chi connectivity index (χ0n) is 16.9. The van der Waals surface area contributed by atoms with Gasteiger partial charge in [0.1, 0.15) is 10.6 Å². The minimum Gasteiger partial charge on any atom is -0.494 e. The quantitative estimate of drug-likeness (QED) is 0.432. The van der Waals surface area contributed by atoms with E-state index in [-0.39, 0.29) is 28.0 Å². The molecule has 0 unspecified atom stereocenters. The van der Waals surface area contributed by atoms with Gasteiger partial charge in [0, 0.05) is 27.6 Å². The molecule has 1 aromatic heterocycles. The molecule has 5 nitrogen and oxygen atoms in total. The van der Waals surface area contributed by atoms with Crippen molar-refractivity contribution >= 4 is 44.4 Å². The van der Waals surface area contributed by atoms with Crippen LogP contribution in [0.1, 0.15) is 42.5 Å². The van der Waals surface area contributed by atoms with Gasteiger partial charge in [-0.25, -0.2) is 8.42 Å². The molecule has 0 spiro atoms. The molecule has 0 saturated carbocycles. The Morgan fingerprint density at radius 1 is 1.13 bits per heavy atom. The van der Waals surface area contributed by atoms with Crippen LogP contribution in [0.3, 0.4) is 0 Å². The van der Waals surface area contributed by atoms with E-state index in [0.29, 0.717) is 17.3 Å². The summed E-state index contributed by atoms with van der Waals surface area (Å²) in [5, 5.41) is 4.85. The van der Waals surface area contributed by atoms with Crippen LogP contribution >= 0.6 is 22.9 Å². The topological polar surface area (TPSA) is 72.5 Å². The Balaban J connectivity index is 1.66. The van der Waals surface area contributed by atoms with Gasteiger partial charge in [-0.15, -0.1) is 11.3 Å². The van der Waals surface area contributed by atoms with Gasteiger partial charge in [0.05, 0.1) is 17.2 Å². The number of nitrogens with one attached hydrogen (secondary N) is 1. The van der Waals surface area contributed by atoms with Crippen molar-refractivity contribution in [3.63, 3.8) is 0 Å². The molecular formula is C23H22ClNO4S2. The fourth-order valence-electron chi connectivity index (χ4n) is 3.54. The number of ether oxygens (including phenoxy) is 1. The standard InChI is InChI=1S/C23H22ClNO4S2/c1-2-3-12-29-17-8-4-15(5-9-17)19-13-21(26)25-22-20(14-30-23(19)22)31(27,28)18-10-6-16(24)7-11-18/h4-11,14,19H,2-3,12-13H2,1H3,(H,25,26)/t19-/m1/s1. The van der Waals surface area contributed by atoms with Crippen LogP contribution in [-0.4, -0.2) is 20.9 Å². The number of unbranched alkanes of at least 4 members (excludes halogenated alkanes) is 1. The number of anilines is 1. The number of hydrogen-bond acceptors (Lipinski definition) is 5. The Bertz CT molecular complexity index is 1190. The number of fused-ring (bicyclic) bond motifs is 1. The van der Waals surface area contributed by atoms with Crippen molar-refractivity contribution in [2.45, 2.75) is 41.9 Å². The highest BCUT2D eigenvalue weighted by atomic mass is 35.5. The Labute approximate surface area is 190 Å². The molecule has 8 heteroatoms. The second-order valence-corrected chi connectivity index (χ2v) is 10.6. The van der Waals surface area contributed by atoms with E-state index in [2.05, 4.69) is 12.2 Å². The summed E-state index contributed by atoms with van der Waals surface area (Å²) in [4.78, 5) is 13.6. The van der Waals surface area contributed by atoms with E-state index in [9.17, 15) is 13.2 Å². The predicted octanol–water partition coefficient (Wildman–Crippen LogP) is 5.89. The van der Waals surface area contributed by atoms with Crippen LogP contribution in [0.5, 0.6) is 5.75 Å². The number of sulfone groups is 1. The van der Waals surface area contributed by atoms with Gasteiger partial charge in [-0.2, -0.15) is 0 Å². The normalized spacial score (nSPS) is 15.9. The molecule has 1 aliphatic heterocycles. The zero-order chi connectivity index (χ0) is 22.0. The third-order valence-electron chi connectivity index (χ3n) is 5.22. The molecule has 0 aliphatic carbocycles. The fourth-order valence-corrected chi connectivity index (χ4v) is 6.58. The molecule has 31 heavy (non-hydrogen) atoms. The zero-order valence-corrected chi connectivity index (χ0v) is 19.3. The lowest BCUT2D eigenvalue weighted by Gasteiger charge is -2.24. The van der Waals surface area contributed by atoms with E-state index in [1.54, 1.807) is 17.5 Å². The van der Waals surface area contributed by atoms with Crippen molar-refractivity contribution in [2.24, 2.45) is 0 Å². The predicted molar refractivity (Wildman–Crippen MR) is 123 cm³/mol. The molecule has 3 aromatic rings. The van der Waals surface area contributed by atoms with Gasteiger partial charge in [-0.3, -0.25) is 4.79 Å². The van der Waals surface area contributed by atoms with Crippen molar-refractivity contribution in [2.75, 3.05) is 11.9 Å². The van der Waals surface area contributed by atoms with E-state index < -0.39 is 9.84 Å². The van der Waals surface area contributed by atoms with E-state index in [1.165, 1.54) is 23.5 Å².